The minimum absolute atomic E-state index is 0.303. The molecule has 1 radical (unpaired) electrons. The van der Waals surface area contributed by atoms with E-state index in [0.717, 1.165) is 12.2 Å². The van der Waals surface area contributed by atoms with Crippen molar-refractivity contribution in [3.63, 3.8) is 0 Å². The van der Waals surface area contributed by atoms with Gasteiger partial charge in [-0.1, -0.05) is 19.1 Å². The van der Waals surface area contributed by atoms with Crippen LogP contribution in [0, 0.1) is 6.07 Å². The second-order valence-corrected chi connectivity index (χ2v) is 2.57. The lowest BCUT2D eigenvalue weighted by atomic mass is 10.3. The summed E-state index contributed by atoms with van der Waals surface area (Å²) in [6, 6.07) is 10.5. The van der Waals surface area contributed by atoms with Gasteiger partial charge < -0.3 is 4.74 Å². The molecule has 0 aliphatic heterocycles. The highest BCUT2D eigenvalue weighted by Gasteiger charge is 1.98. The van der Waals surface area contributed by atoms with Gasteiger partial charge in [0.2, 0.25) is 0 Å². The molecule has 1 nitrogen and oxygen atoms in total. The van der Waals surface area contributed by atoms with E-state index in [4.69, 9.17) is 4.74 Å². The van der Waals surface area contributed by atoms with Crippen LogP contribution >= 0.6 is 0 Å². The third-order valence-corrected chi connectivity index (χ3v) is 1.60. The van der Waals surface area contributed by atoms with Crippen molar-refractivity contribution in [3.05, 3.63) is 30.3 Å². The molecule has 0 spiro atoms. The van der Waals surface area contributed by atoms with E-state index in [0.29, 0.717) is 6.10 Å². The first-order valence-corrected chi connectivity index (χ1v) is 3.95. The smallest absolute Gasteiger partial charge is 0.119 e. The highest BCUT2D eigenvalue weighted by Crippen LogP contribution is 2.11. The number of hydrogen-bond donors (Lipinski definition) is 0. The first kappa shape index (κ1) is 8.12. The van der Waals surface area contributed by atoms with Crippen molar-refractivity contribution in [2.45, 2.75) is 26.4 Å². The zero-order chi connectivity index (χ0) is 8.10. The summed E-state index contributed by atoms with van der Waals surface area (Å²) >= 11 is 0. The van der Waals surface area contributed by atoms with Crippen molar-refractivity contribution in [1.29, 1.82) is 0 Å². The highest BCUT2D eigenvalue weighted by atomic mass is 16.5. The van der Waals surface area contributed by atoms with E-state index in [1.165, 1.54) is 0 Å². The average Bonchev–Trinajstić information content (AvgIpc) is 2.06. The van der Waals surface area contributed by atoms with E-state index < -0.39 is 0 Å². The van der Waals surface area contributed by atoms with Crippen LogP contribution in [0.5, 0.6) is 5.75 Å². The van der Waals surface area contributed by atoms with Crippen molar-refractivity contribution in [2.75, 3.05) is 0 Å². The lowest BCUT2D eigenvalue weighted by molar-refractivity contribution is 0.217. The second-order valence-electron chi connectivity index (χ2n) is 2.57. The Balaban J connectivity index is 2.51. The Hall–Kier alpha value is -0.980. The maximum Gasteiger partial charge on any atom is 0.119 e. The zero-order valence-corrected chi connectivity index (χ0v) is 7.00. The Morgan fingerprint density at radius 3 is 2.64 bits per heavy atom. The van der Waals surface area contributed by atoms with Gasteiger partial charge in [0.15, 0.2) is 0 Å². The maximum absolute atomic E-state index is 5.54. The Morgan fingerprint density at radius 1 is 1.45 bits per heavy atom. The van der Waals surface area contributed by atoms with Gasteiger partial charge in [0.05, 0.1) is 6.10 Å². The van der Waals surface area contributed by atoms with E-state index in [1.54, 1.807) is 0 Å². The number of rotatable bonds is 3. The molecule has 0 heterocycles. The van der Waals surface area contributed by atoms with E-state index in [1.807, 2.05) is 24.3 Å². The molecule has 0 aliphatic rings. The molecular formula is C10H13O. The topological polar surface area (TPSA) is 9.23 Å². The largest absolute Gasteiger partial charge is 0.491 e. The molecule has 59 valence electrons. The van der Waals surface area contributed by atoms with Crippen LogP contribution in [0.3, 0.4) is 0 Å². The van der Waals surface area contributed by atoms with Crippen molar-refractivity contribution in [3.8, 4) is 5.75 Å². The summed E-state index contributed by atoms with van der Waals surface area (Å²) in [5.41, 5.74) is 0. The van der Waals surface area contributed by atoms with Gasteiger partial charge in [-0.3, -0.25) is 0 Å². The first-order chi connectivity index (χ1) is 5.33. The van der Waals surface area contributed by atoms with Crippen LogP contribution < -0.4 is 4.74 Å². The van der Waals surface area contributed by atoms with Crippen LogP contribution in [-0.2, 0) is 0 Å². The Labute approximate surface area is 68.0 Å². The molecule has 0 saturated heterocycles. The molecule has 0 fully saturated rings. The van der Waals surface area contributed by atoms with Gasteiger partial charge in [-0.05, 0) is 31.5 Å². The summed E-state index contributed by atoms with van der Waals surface area (Å²) in [4.78, 5) is 0. The molecule has 1 rings (SSSR count). The van der Waals surface area contributed by atoms with Gasteiger partial charge >= 0.3 is 0 Å². The summed E-state index contributed by atoms with van der Waals surface area (Å²) in [6.45, 7) is 4.18. The molecule has 0 aromatic heterocycles. The van der Waals surface area contributed by atoms with Crippen LogP contribution in [-0.4, -0.2) is 6.10 Å². The van der Waals surface area contributed by atoms with Crippen LogP contribution in [0.25, 0.3) is 0 Å². The normalized spacial score (nSPS) is 12.5. The SMILES string of the molecule is CCC(C)Oc1cc[c]cc1. The third-order valence-electron chi connectivity index (χ3n) is 1.60. The minimum Gasteiger partial charge on any atom is -0.491 e. The molecule has 1 unspecified atom stereocenters. The summed E-state index contributed by atoms with van der Waals surface area (Å²) < 4.78 is 5.54. The molecule has 0 aliphatic carbocycles. The summed E-state index contributed by atoms with van der Waals surface area (Å²) in [5.74, 6) is 0.929. The predicted octanol–water partition coefficient (Wildman–Crippen LogP) is 2.66. The standard InChI is InChI=1S/C10H13O/c1-3-9(2)11-10-7-5-4-6-8-10/h5-9H,3H2,1-2H3. The monoisotopic (exact) mass is 149 g/mol. The van der Waals surface area contributed by atoms with Gasteiger partial charge in [0.25, 0.3) is 0 Å². The molecule has 1 aromatic carbocycles. The zero-order valence-electron chi connectivity index (χ0n) is 7.00. The van der Waals surface area contributed by atoms with Crippen molar-refractivity contribution < 1.29 is 4.74 Å². The maximum atomic E-state index is 5.54. The lowest BCUT2D eigenvalue weighted by Crippen LogP contribution is -2.09. The van der Waals surface area contributed by atoms with Crippen molar-refractivity contribution in [1.82, 2.24) is 0 Å². The molecule has 0 amide bonds. The minimum atomic E-state index is 0.303. The third kappa shape index (κ3) is 2.62. The van der Waals surface area contributed by atoms with Crippen molar-refractivity contribution >= 4 is 0 Å². The van der Waals surface area contributed by atoms with E-state index in [9.17, 15) is 0 Å². The molecule has 0 N–H and O–H groups in total. The van der Waals surface area contributed by atoms with Gasteiger partial charge in [0.1, 0.15) is 5.75 Å². The van der Waals surface area contributed by atoms with Crippen LogP contribution in [0.4, 0.5) is 0 Å². The fourth-order valence-corrected chi connectivity index (χ4v) is 0.766. The van der Waals surface area contributed by atoms with E-state index >= 15 is 0 Å². The predicted molar refractivity (Wildman–Crippen MR) is 45.7 cm³/mol. The number of hydrogen-bond acceptors (Lipinski definition) is 1. The summed E-state index contributed by atoms with van der Waals surface area (Å²) in [7, 11) is 0. The molecule has 1 aromatic rings. The highest BCUT2D eigenvalue weighted by molar-refractivity contribution is 5.20. The van der Waals surface area contributed by atoms with Crippen molar-refractivity contribution in [2.24, 2.45) is 0 Å². The summed E-state index contributed by atoms with van der Waals surface area (Å²) in [5, 5.41) is 0. The first-order valence-electron chi connectivity index (χ1n) is 3.95. The average molecular weight is 149 g/mol. The van der Waals surface area contributed by atoms with Gasteiger partial charge in [-0.15, -0.1) is 0 Å². The van der Waals surface area contributed by atoms with Gasteiger partial charge in [-0.25, -0.2) is 0 Å². The van der Waals surface area contributed by atoms with E-state index in [2.05, 4.69) is 19.9 Å². The molecule has 1 atom stereocenters. The Bertz CT molecular complexity index is 193. The molecule has 0 bridgehead atoms. The lowest BCUT2D eigenvalue weighted by Gasteiger charge is -2.11. The fourth-order valence-electron chi connectivity index (χ4n) is 0.766. The van der Waals surface area contributed by atoms with Crippen LogP contribution in [0.15, 0.2) is 24.3 Å². The molecule has 1 heteroatoms. The summed E-state index contributed by atoms with van der Waals surface area (Å²) in [6.07, 6.45) is 1.34. The van der Waals surface area contributed by atoms with Gasteiger partial charge in [-0.2, -0.15) is 0 Å². The Kier molecular flexibility index (Phi) is 2.96. The van der Waals surface area contributed by atoms with E-state index in [-0.39, 0.29) is 0 Å². The number of benzene rings is 1. The molecular weight excluding hydrogens is 136 g/mol. The quantitative estimate of drug-likeness (QED) is 0.642. The molecule has 0 saturated carbocycles. The van der Waals surface area contributed by atoms with Crippen LogP contribution in [0.1, 0.15) is 20.3 Å². The molecule has 11 heavy (non-hydrogen) atoms. The van der Waals surface area contributed by atoms with Crippen LogP contribution in [0.2, 0.25) is 0 Å². The second kappa shape index (κ2) is 4.02. The Morgan fingerprint density at radius 2 is 2.09 bits per heavy atom. The van der Waals surface area contributed by atoms with Gasteiger partial charge in [0, 0.05) is 0 Å². The number of ether oxygens (including phenoxy) is 1. The fraction of sp³-hybridized carbons (Fsp3) is 0.400.